The second kappa shape index (κ2) is 10.4. The summed E-state index contributed by atoms with van der Waals surface area (Å²) in [6, 6.07) is 5.34. The Morgan fingerprint density at radius 2 is 1.75 bits per heavy atom. The molecule has 0 aliphatic heterocycles. The number of carbonyl (C=O) groups excluding carboxylic acids is 3. The number of aryl methyl sites for hydroxylation is 2. The van der Waals surface area contributed by atoms with Crippen molar-refractivity contribution in [2.24, 2.45) is 0 Å². The van der Waals surface area contributed by atoms with Gasteiger partial charge >= 0.3 is 0 Å². The summed E-state index contributed by atoms with van der Waals surface area (Å²) in [5.74, 6) is 0.370. The first-order valence-electron chi connectivity index (χ1n) is 11.1. The molecule has 2 aromatic rings. The minimum Gasteiger partial charge on any atom is -0.343 e. The average molecular weight is 442 g/mol. The average Bonchev–Trinajstić information content (AvgIpc) is 3.08. The van der Waals surface area contributed by atoms with Gasteiger partial charge in [-0.1, -0.05) is 36.9 Å². The van der Waals surface area contributed by atoms with Crippen molar-refractivity contribution < 1.29 is 18.9 Å². The van der Waals surface area contributed by atoms with Crippen LogP contribution in [0.15, 0.2) is 22.7 Å². The molecule has 1 saturated carbocycles. The third kappa shape index (κ3) is 6.15. The molecule has 1 aliphatic carbocycles. The number of amides is 3. The lowest BCUT2D eigenvalue weighted by Crippen LogP contribution is -2.45. The van der Waals surface area contributed by atoms with E-state index in [9.17, 15) is 14.4 Å². The zero-order valence-corrected chi connectivity index (χ0v) is 18.9. The third-order valence-corrected chi connectivity index (χ3v) is 5.67. The first-order valence-corrected chi connectivity index (χ1v) is 11.1. The monoisotopic (exact) mass is 441 g/mol. The number of rotatable bonds is 7. The molecule has 172 valence electrons. The number of carbonyl (C=O) groups is 3. The molecule has 9 nitrogen and oxygen atoms in total. The van der Waals surface area contributed by atoms with E-state index in [-0.39, 0.29) is 24.1 Å². The van der Waals surface area contributed by atoms with Crippen molar-refractivity contribution in [1.82, 2.24) is 15.5 Å². The Morgan fingerprint density at radius 1 is 1.03 bits per heavy atom. The van der Waals surface area contributed by atoms with E-state index >= 15 is 0 Å². The van der Waals surface area contributed by atoms with Gasteiger partial charge in [-0.2, -0.15) is 4.98 Å². The Morgan fingerprint density at radius 3 is 2.41 bits per heavy atom. The van der Waals surface area contributed by atoms with Crippen LogP contribution < -0.4 is 16.0 Å². The summed E-state index contributed by atoms with van der Waals surface area (Å²) in [6.07, 6.45) is 6.22. The standard InChI is InChI=1S/C23H31N5O4/c1-15-8-9-18(24-16(2)29)14-19(15)25-20(31)10-11-21-26-22(28-32-21)23(27-17(3)30)12-6-4-5-7-13-23/h8-9,14H,4-7,10-13H2,1-3H3,(H,24,29)(H,25,31)(H,27,30). The highest BCUT2D eigenvalue weighted by Gasteiger charge is 2.38. The lowest BCUT2D eigenvalue weighted by atomic mass is 9.89. The van der Waals surface area contributed by atoms with E-state index in [0.717, 1.165) is 44.1 Å². The molecule has 1 aliphatic rings. The quantitative estimate of drug-likeness (QED) is 0.564. The smallest absolute Gasteiger partial charge is 0.227 e. The predicted molar refractivity (Wildman–Crippen MR) is 120 cm³/mol. The molecule has 3 N–H and O–H groups in total. The molecule has 1 heterocycles. The van der Waals surface area contributed by atoms with Gasteiger partial charge in [0.15, 0.2) is 5.82 Å². The van der Waals surface area contributed by atoms with Crippen LogP contribution in [-0.2, 0) is 26.3 Å². The van der Waals surface area contributed by atoms with Crippen LogP contribution in [0.1, 0.15) is 76.1 Å². The van der Waals surface area contributed by atoms with E-state index in [1.165, 1.54) is 13.8 Å². The number of nitrogens with zero attached hydrogens (tertiary/aromatic N) is 2. The minimum absolute atomic E-state index is 0.116. The molecular formula is C23H31N5O4. The van der Waals surface area contributed by atoms with Gasteiger partial charge in [0.25, 0.3) is 0 Å². The van der Waals surface area contributed by atoms with Crippen molar-refractivity contribution in [2.75, 3.05) is 10.6 Å². The van der Waals surface area contributed by atoms with E-state index in [0.29, 0.717) is 29.5 Å². The molecule has 1 aromatic carbocycles. The molecule has 3 amide bonds. The van der Waals surface area contributed by atoms with Crippen LogP contribution in [0.2, 0.25) is 0 Å². The molecule has 0 spiro atoms. The molecule has 32 heavy (non-hydrogen) atoms. The van der Waals surface area contributed by atoms with E-state index in [2.05, 4.69) is 26.1 Å². The van der Waals surface area contributed by atoms with Crippen molar-refractivity contribution in [3.8, 4) is 0 Å². The van der Waals surface area contributed by atoms with E-state index in [1.54, 1.807) is 12.1 Å². The number of aromatic nitrogens is 2. The van der Waals surface area contributed by atoms with Crippen molar-refractivity contribution >= 4 is 29.1 Å². The first kappa shape index (κ1) is 23.4. The molecule has 0 unspecified atom stereocenters. The lowest BCUT2D eigenvalue weighted by molar-refractivity contribution is -0.121. The Bertz CT molecular complexity index is 977. The molecule has 0 bridgehead atoms. The fourth-order valence-electron chi connectivity index (χ4n) is 4.10. The van der Waals surface area contributed by atoms with Gasteiger partial charge in [0, 0.05) is 38.1 Å². The molecular weight excluding hydrogens is 410 g/mol. The molecule has 1 aromatic heterocycles. The van der Waals surface area contributed by atoms with Crippen molar-refractivity contribution in [3.05, 3.63) is 35.5 Å². The summed E-state index contributed by atoms with van der Waals surface area (Å²) in [7, 11) is 0. The van der Waals surface area contributed by atoms with Gasteiger partial charge in [-0.3, -0.25) is 14.4 Å². The Hall–Kier alpha value is -3.23. The van der Waals surface area contributed by atoms with Gasteiger partial charge < -0.3 is 20.5 Å². The highest BCUT2D eigenvalue weighted by atomic mass is 16.5. The summed E-state index contributed by atoms with van der Waals surface area (Å²) in [5.41, 5.74) is 1.54. The fraction of sp³-hybridized carbons (Fsp3) is 0.522. The maximum Gasteiger partial charge on any atom is 0.227 e. The molecule has 0 atom stereocenters. The maximum atomic E-state index is 12.5. The fourth-order valence-corrected chi connectivity index (χ4v) is 4.10. The van der Waals surface area contributed by atoms with Crippen LogP contribution in [-0.4, -0.2) is 27.9 Å². The van der Waals surface area contributed by atoms with Crippen molar-refractivity contribution in [3.63, 3.8) is 0 Å². The van der Waals surface area contributed by atoms with Gasteiger partial charge in [0.2, 0.25) is 23.6 Å². The summed E-state index contributed by atoms with van der Waals surface area (Å²) in [5, 5.41) is 12.8. The normalized spacial score (nSPS) is 15.5. The van der Waals surface area contributed by atoms with Crippen molar-refractivity contribution in [2.45, 2.75) is 77.7 Å². The zero-order valence-electron chi connectivity index (χ0n) is 18.9. The molecule has 0 saturated heterocycles. The molecule has 0 radical (unpaired) electrons. The summed E-state index contributed by atoms with van der Waals surface area (Å²) < 4.78 is 5.41. The van der Waals surface area contributed by atoms with E-state index < -0.39 is 5.54 Å². The van der Waals surface area contributed by atoms with E-state index in [4.69, 9.17) is 4.52 Å². The van der Waals surface area contributed by atoms with Crippen molar-refractivity contribution in [1.29, 1.82) is 0 Å². The number of benzene rings is 1. The number of nitrogens with one attached hydrogen (secondary N) is 3. The summed E-state index contributed by atoms with van der Waals surface area (Å²) in [6.45, 7) is 4.81. The SMILES string of the molecule is CC(=O)Nc1ccc(C)c(NC(=O)CCc2nc(C3(NC(C)=O)CCCCCC3)no2)c1. The number of hydrogen-bond donors (Lipinski definition) is 3. The lowest BCUT2D eigenvalue weighted by Gasteiger charge is -2.30. The Labute approximate surface area is 187 Å². The topological polar surface area (TPSA) is 126 Å². The van der Waals surface area contributed by atoms with Gasteiger partial charge in [0.1, 0.15) is 5.54 Å². The van der Waals surface area contributed by atoms with Crippen LogP contribution >= 0.6 is 0 Å². The third-order valence-electron chi connectivity index (χ3n) is 5.67. The molecule has 9 heteroatoms. The van der Waals surface area contributed by atoms with Crippen LogP contribution in [0.4, 0.5) is 11.4 Å². The second-order valence-corrected chi connectivity index (χ2v) is 8.45. The number of hydrogen-bond acceptors (Lipinski definition) is 6. The summed E-state index contributed by atoms with van der Waals surface area (Å²) in [4.78, 5) is 40.1. The van der Waals surface area contributed by atoms with Gasteiger partial charge in [-0.15, -0.1) is 0 Å². The highest BCUT2D eigenvalue weighted by Crippen LogP contribution is 2.34. The predicted octanol–water partition coefficient (Wildman–Crippen LogP) is 3.59. The largest absolute Gasteiger partial charge is 0.343 e. The maximum absolute atomic E-state index is 12.5. The second-order valence-electron chi connectivity index (χ2n) is 8.45. The first-order chi connectivity index (χ1) is 15.3. The Kier molecular flexibility index (Phi) is 7.61. The zero-order chi connectivity index (χ0) is 23.1. The molecule has 1 fully saturated rings. The molecule has 3 rings (SSSR count). The Balaban J connectivity index is 1.64. The van der Waals surface area contributed by atoms with Gasteiger partial charge in [-0.25, -0.2) is 0 Å². The van der Waals surface area contributed by atoms with Crippen LogP contribution in [0.25, 0.3) is 0 Å². The summed E-state index contributed by atoms with van der Waals surface area (Å²) >= 11 is 0. The van der Waals surface area contributed by atoms with Crippen LogP contribution in [0.5, 0.6) is 0 Å². The van der Waals surface area contributed by atoms with E-state index in [1.807, 2.05) is 13.0 Å². The minimum atomic E-state index is -0.604. The number of anilines is 2. The van der Waals surface area contributed by atoms with Gasteiger partial charge in [0.05, 0.1) is 0 Å². The van der Waals surface area contributed by atoms with Crippen LogP contribution in [0, 0.1) is 6.92 Å². The van der Waals surface area contributed by atoms with Gasteiger partial charge in [-0.05, 0) is 37.5 Å². The highest BCUT2D eigenvalue weighted by molar-refractivity contribution is 5.94. The van der Waals surface area contributed by atoms with Crippen LogP contribution in [0.3, 0.4) is 0 Å².